The third-order valence-corrected chi connectivity index (χ3v) is 5.23. The highest BCUT2D eigenvalue weighted by Gasteiger charge is 2.30. The van der Waals surface area contributed by atoms with Crippen LogP contribution in [0, 0.1) is 13.8 Å². The summed E-state index contributed by atoms with van der Waals surface area (Å²) in [6.07, 6.45) is 4.00. The van der Waals surface area contributed by atoms with Crippen molar-refractivity contribution in [3.63, 3.8) is 0 Å². The van der Waals surface area contributed by atoms with Gasteiger partial charge in [-0.1, -0.05) is 48.5 Å². The van der Waals surface area contributed by atoms with Crippen molar-refractivity contribution in [1.82, 2.24) is 15.1 Å². The van der Waals surface area contributed by atoms with Crippen molar-refractivity contribution in [1.29, 1.82) is 0 Å². The van der Waals surface area contributed by atoms with E-state index in [9.17, 15) is 9.59 Å². The average molecular weight is 415 g/mol. The highest BCUT2D eigenvalue weighted by molar-refractivity contribution is 5.91. The number of esters is 1. The second kappa shape index (κ2) is 9.00. The van der Waals surface area contributed by atoms with Gasteiger partial charge in [0.1, 0.15) is 0 Å². The fourth-order valence-corrected chi connectivity index (χ4v) is 3.43. The molecule has 0 unspecified atom stereocenters. The molecule has 6 heteroatoms. The lowest BCUT2D eigenvalue weighted by molar-refractivity contribution is -0.151. The van der Waals surface area contributed by atoms with Gasteiger partial charge in [-0.2, -0.15) is 5.10 Å². The van der Waals surface area contributed by atoms with Crippen LogP contribution in [0.5, 0.6) is 0 Å². The van der Waals surface area contributed by atoms with E-state index in [0.717, 1.165) is 35.5 Å². The number of carbonyl (C=O) groups is 2. The number of aryl methyl sites for hydroxylation is 1. The number of hydrogen-bond acceptors (Lipinski definition) is 4. The normalized spacial score (nSPS) is 14.4. The van der Waals surface area contributed by atoms with Crippen molar-refractivity contribution in [3.05, 3.63) is 89.3 Å². The van der Waals surface area contributed by atoms with Gasteiger partial charge in [-0.3, -0.25) is 4.79 Å². The van der Waals surface area contributed by atoms with Crippen molar-refractivity contribution < 1.29 is 14.3 Å². The van der Waals surface area contributed by atoms with E-state index in [4.69, 9.17) is 4.74 Å². The Hall–Kier alpha value is -3.67. The first-order valence-electron chi connectivity index (χ1n) is 10.4. The van der Waals surface area contributed by atoms with Gasteiger partial charge >= 0.3 is 5.97 Å². The first-order chi connectivity index (χ1) is 15.0. The molecule has 1 saturated carbocycles. The number of nitrogens with zero attached hydrogens (tertiary/aromatic N) is 2. The molecule has 31 heavy (non-hydrogen) atoms. The van der Waals surface area contributed by atoms with Gasteiger partial charge in [0.25, 0.3) is 5.91 Å². The minimum Gasteiger partial charge on any atom is -0.444 e. The molecule has 1 amide bonds. The molecule has 1 fully saturated rings. The van der Waals surface area contributed by atoms with Gasteiger partial charge in [-0.05, 0) is 44.9 Å². The summed E-state index contributed by atoms with van der Waals surface area (Å²) in [5.41, 5.74) is 4.16. The van der Waals surface area contributed by atoms with Crippen LogP contribution >= 0.6 is 0 Å². The molecule has 0 radical (unpaired) electrons. The molecule has 1 N–H and O–H groups in total. The Bertz CT molecular complexity index is 1100. The molecule has 1 heterocycles. The quantitative estimate of drug-likeness (QED) is 0.466. The zero-order chi connectivity index (χ0) is 21.8. The van der Waals surface area contributed by atoms with Gasteiger partial charge < -0.3 is 10.1 Å². The van der Waals surface area contributed by atoms with Crippen molar-refractivity contribution in [2.24, 2.45) is 0 Å². The number of nitrogens with one attached hydrogen (secondary N) is 1. The fourth-order valence-electron chi connectivity index (χ4n) is 3.43. The molecule has 1 aliphatic carbocycles. The predicted octanol–water partition coefficient (Wildman–Crippen LogP) is 4.07. The van der Waals surface area contributed by atoms with Crippen LogP contribution in [0.2, 0.25) is 0 Å². The van der Waals surface area contributed by atoms with Crippen LogP contribution in [0.3, 0.4) is 0 Å². The monoisotopic (exact) mass is 415 g/mol. The maximum Gasteiger partial charge on any atom is 0.331 e. The fraction of sp³-hybridized carbons (Fsp3) is 0.240. The largest absolute Gasteiger partial charge is 0.444 e. The number of para-hydroxylation sites is 1. The summed E-state index contributed by atoms with van der Waals surface area (Å²) in [5.74, 6) is -0.870. The lowest BCUT2D eigenvalue weighted by atomic mass is 10.1. The summed E-state index contributed by atoms with van der Waals surface area (Å²) in [6.45, 7) is 3.85. The van der Waals surface area contributed by atoms with Crippen molar-refractivity contribution >= 4 is 18.0 Å². The van der Waals surface area contributed by atoms with Crippen LogP contribution in [0.1, 0.15) is 41.5 Å². The molecular formula is C25H25N3O3. The van der Waals surface area contributed by atoms with E-state index < -0.39 is 12.1 Å². The second-order valence-corrected chi connectivity index (χ2v) is 7.68. The summed E-state index contributed by atoms with van der Waals surface area (Å²) >= 11 is 0. The van der Waals surface area contributed by atoms with E-state index in [-0.39, 0.29) is 11.9 Å². The van der Waals surface area contributed by atoms with Crippen molar-refractivity contribution in [3.8, 4) is 5.69 Å². The zero-order valence-electron chi connectivity index (χ0n) is 17.6. The molecule has 2 aromatic carbocycles. The Morgan fingerprint density at radius 3 is 2.35 bits per heavy atom. The van der Waals surface area contributed by atoms with Crippen LogP contribution in [0.25, 0.3) is 11.8 Å². The Labute approximate surface area is 181 Å². The molecule has 0 spiro atoms. The first kappa shape index (κ1) is 20.6. The summed E-state index contributed by atoms with van der Waals surface area (Å²) < 4.78 is 7.40. The lowest BCUT2D eigenvalue weighted by Crippen LogP contribution is -2.33. The molecule has 1 aromatic heterocycles. The minimum atomic E-state index is -0.979. The smallest absolute Gasteiger partial charge is 0.331 e. The van der Waals surface area contributed by atoms with Gasteiger partial charge in [-0.25, -0.2) is 9.48 Å². The lowest BCUT2D eigenvalue weighted by Gasteiger charge is -2.17. The van der Waals surface area contributed by atoms with Crippen molar-refractivity contribution in [2.45, 2.75) is 38.8 Å². The Morgan fingerprint density at radius 2 is 1.71 bits per heavy atom. The molecule has 1 atom stereocenters. The summed E-state index contributed by atoms with van der Waals surface area (Å²) in [5, 5.41) is 7.50. The van der Waals surface area contributed by atoms with Gasteiger partial charge in [0.05, 0.1) is 11.4 Å². The Balaban J connectivity index is 1.51. The molecule has 0 bridgehead atoms. The molecular weight excluding hydrogens is 390 g/mol. The van der Waals surface area contributed by atoms with E-state index in [2.05, 4.69) is 10.4 Å². The van der Waals surface area contributed by atoms with E-state index in [1.165, 1.54) is 6.08 Å². The number of benzene rings is 2. The maximum absolute atomic E-state index is 12.6. The number of aromatic nitrogens is 2. The number of carbonyl (C=O) groups excluding carboxylic acids is 2. The summed E-state index contributed by atoms with van der Waals surface area (Å²) in [4.78, 5) is 25.2. The van der Waals surface area contributed by atoms with Crippen molar-refractivity contribution in [2.75, 3.05) is 0 Å². The number of hydrogen-bond donors (Lipinski definition) is 1. The van der Waals surface area contributed by atoms with Crippen LogP contribution in [-0.4, -0.2) is 27.7 Å². The summed E-state index contributed by atoms with van der Waals surface area (Å²) in [7, 11) is 0. The third-order valence-electron chi connectivity index (χ3n) is 5.23. The predicted molar refractivity (Wildman–Crippen MR) is 119 cm³/mol. The third kappa shape index (κ3) is 4.91. The highest BCUT2D eigenvalue weighted by Crippen LogP contribution is 2.24. The number of rotatable bonds is 7. The van der Waals surface area contributed by atoms with E-state index in [1.54, 1.807) is 18.2 Å². The second-order valence-electron chi connectivity index (χ2n) is 7.68. The van der Waals surface area contributed by atoms with Crippen LogP contribution in [0.15, 0.2) is 66.7 Å². The molecule has 6 nitrogen and oxygen atoms in total. The topological polar surface area (TPSA) is 73.2 Å². The first-order valence-corrected chi connectivity index (χ1v) is 10.4. The molecule has 3 aromatic rings. The standard InChI is InChI=1S/C25H25N3O3/c1-17-22(18(2)28(27-17)21-11-7-4-8-12-21)15-16-23(29)31-24(19-9-5-3-6-10-19)25(30)26-20-13-14-20/h3-12,15-16,20,24H,13-14H2,1-2H3,(H,26,30)/b16-15+/t24-/m0/s1. The summed E-state index contributed by atoms with van der Waals surface area (Å²) in [6, 6.07) is 19.1. The zero-order valence-corrected chi connectivity index (χ0v) is 17.6. The molecule has 1 aliphatic rings. The molecule has 0 saturated heterocycles. The van der Waals surface area contributed by atoms with Crippen LogP contribution in [-0.2, 0) is 14.3 Å². The Morgan fingerprint density at radius 1 is 1.06 bits per heavy atom. The van der Waals surface area contributed by atoms with Crippen LogP contribution in [0.4, 0.5) is 0 Å². The van der Waals surface area contributed by atoms with Gasteiger partial charge in [0.15, 0.2) is 0 Å². The van der Waals surface area contributed by atoms with E-state index >= 15 is 0 Å². The SMILES string of the molecule is Cc1nn(-c2ccccc2)c(C)c1/C=C/C(=O)O[C@H](C(=O)NC1CC1)c1ccccc1. The van der Waals surface area contributed by atoms with E-state index in [0.29, 0.717) is 5.56 Å². The molecule has 158 valence electrons. The van der Waals surface area contributed by atoms with Gasteiger partial charge in [0.2, 0.25) is 6.10 Å². The molecule has 0 aliphatic heterocycles. The Kier molecular flexibility index (Phi) is 5.98. The maximum atomic E-state index is 12.6. The van der Waals surface area contributed by atoms with Gasteiger partial charge in [-0.15, -0.1) is 0 Å². The number of ether oxygens (including phenoxy) is 1. The minimum absolute atomic E-state index is 0.182. The number of amides is 1. The van der Waals surface area contributed by atoms with E-state index in [1.807, 2.05) is 67.1 Å². The van der Waals surface area contributed by atoms with Gasteiger partial charge in [0, 0.05) is 28.9 Å². The average Bonchev–Trinajstić information content (AvgIpc) is 3.55. The highest BCUT2D eigenvalue weighted by atomic mass is 16.5. The molecule has 4 rings (SSSR count). The van der Waals surface area contributed by atoms with Crippen LogP contribution < -0.4 is 5.32 Å².